The second kappa shape index (κ2) is 6.64. The van der Waals surface area contributed by atoms with Gasteiger partial charge in [0.1, 0.15) is 17.8 Å². The summed E-state index contributed by atoms with van der Waals surface area (Å²) >= 11 is 0. The lowest BCUT2D eigenvalue weighted by molar-refractivity contribution is -0.142. The highest BCUT2D eigenvalue weighted by Crippen LogP contribution is 2.36. The number of benzene rings is 2. The van der Waals surface area contributed by atoms with Gasteiger partial charge in [-0.05, 0) is 18.1 Å². The van der Waals surface area contributed by atoms with Crippen LogP contribution in [0.3, 0.4) is 0 Å². The Morgan fingerprint density at radius 2 is 1.82 bits per heavy atom. The van der Waals surface area contributed by atoms with Crippen LogP contribution in [0.15, 0.2) is 60.9 Å². The van der Waals surface area contributed by atoms with Crippen LogP contribution in [-0.2, 0) is 4.79 Å². The van der Waals surface area contributed by atoms with Gasteiger partial charge >= 0.3 is 5.97 Å². The van der Waals surface area contributed by atoms with Gasteiger partial charge in [-0.25, -0.2) is 9.97 Å². The van der Waals surface area contributed by atoms with E-state index in [0.29, 0.717) is 13.0 Å². The Labute approximate surface area is 161 Å². The Hall–Kier alpha value is -3.41. The fourth-order valence-electron chi connectivity index (χ4n) is 4.31. The average molecular weight is 372 g/mol. The van der Waals surface area contributed by atoms with Crippen molar-refractivity contribution < 1.29 is 9.90 Å². The molecule has 5 rings (SSSR count). The van der Waals surface area contributed by atoms with Crippen LogP contribution >= 0.6 is 0 Å². The molecule has 2 N–H and O–H groups in total. The molecular weight excluding hydrogens is 352 g/mol. The van der Waals surface area contributed by atoms with Crippen LogP contribution in [0.2, 0.25) is 0 Å². The molecule has 1 saturated heterocycles. The number of nitrogens with one attached hydrogen (secondary N) is 1. The molecule has 2 aromatic carbocycles. The minimum Gasteiger partial charge on any atom is -0.481 e. The van der Waals surface area contributed by atoms with Gasteiger partial charge in [-0.3, -0.25) is 4.79 Å². The summed E-state index contributed by atoms with van der Waals surface area (Å²) in [6.07, 6.45) is 2.19. The van der Waals surface area contributed by atoms with Gasteiger partial charge in [0.25, 0.3) is 0 Å². The molecule has 28 heavy (non-hydrogen) atoms. The summed E-state index contributed by atoms with van der Waals surface area (Å²) in [7, 11) is 0. The number of carbonyl (C=O) groups is 1. The summed E-state index contributed by atoms with van der Waals surface area (Å²) in [4.78, 5) is 26.3. The van der Waals surface area contributed by atoms with Crippen molar-refractivity contribution in [3.05, 3.63) is 66.5 Å². The normalized spacial score (nSPS) is 19.9. The number of piperidine rings is 1. The number of fused-ring (bicyclic) bond motifs is 3. The summed E-state index contributed by atoms with van der Waals surface area (Å²) < 4.78 is 0. The predicted molar refractivity (Wildman–Crippen MR) is 109 cm³/mol. The van der Waals surface area contributed by atoms with E-state index in [4.69, 9.17) is 0 Å². The Kier molecular flexibility index (Phi) is 3.97. The number of aromatic nitrogens is 3. The Bertz CT molecular complexity index is 1160. The largest absolute Gasteiger partial charge is 0.481 e. The van der Waals surface area contributed by atoms with Crippen LogP contribution in [0.25, 0.3) is 21.9 Å². The van der Waals surface area contributed by atoms with E-state index in [-0.39, 0.29) is 5.92 Å². The van der Waals surface area contributed by atoms with Crippen molar-refractivity contribution in [3.8, 4) is 0 Å². The number of rotatable bonds is 3. The molecule has 0 bridgehead atoms. The van der Waals surface area contributed by atoms with Gasteiger partial charge < -0.3 is 15.0 Å². The molecule has 2 atom stereocenters. The van der Waals surface area contributed by atoms with E-state index in [0.717, 1.165) is 34.3 Å². The molecule has 2 aromatic heterocycles. The lowest BCUT2D eigenvalue weighted by atomic mass is 9.84. The highest BCUT2D eigenvalue weighted by Gasteiger charge is 2.34. The lowest BCUT2D eigenvalue weighted by Gasteiger charge is -2.37. The van der Waals surface area contributed by atoms with Crippen molar-refractivity contribution in [2.75, 3.05) is 18.0 Å². The zero-order valence-electron chi connectivity index (χ0n) is 15.2. The van der Waals surface area contributed by atoms with Crippen LogP contribution in [-0.4, -0.2) is 39.1 Å². The molecule has 6 nitrogen and oxygen atoms in total. The van der Waals surface area contributed by atoms with Gasteiger partial charge in [-0.2, -0.15) is 0 Å². The second-order valence-electron chi connectivity index (χ2n) is 7.37. The Morgan fingerprint density at radius 1 is 1.04 bits per heavy atom. The van der Waals surface area contributed by atoms with Crippen LogP contribution in [0, 0.1) is 5.92 Å². The van der Waals surface area contributed by atoms with Crippen LogP contribution in [0.5, 0.6) is 0 Å². The highest BCUT2D eigenvalue weighted by molar-refractivity contribution is 6.11. The molecule has 0 radical (unpaired) electrons. The summed E-state index contributed by atoms with van der Waals surface area (Å²) in [5.41, 5.74) is 2.95. The zero-order chi connectivity index (χ0) is 19.1. The van der Waals surface area contributed by atoms with Crippen molar-refractivity contribution in [1.82, 2.24) is 15.0 Å². The zero-order valence-corrected chi connectivity index (χ0v) is 15.2. The molecule has 0 amide bonds. The smallest absolute Gasteiger partial charge is 0.308 e. The molecule has 2 unspecified atom stereocenters. The third-order valence-corrected chi connectivity index (χ3v) is 5.65. The summed E-state index contributed by atoms with van der Waals surface area (Å²) in [5, 5.41) is 11.8. The molecular formula is C22H20N4O2. The van der Waals surface area contributed by atoms with Gasteiger partial charge in [-0.1, -0.05) is 48.5 Å². The molecule has 0 aliphatic carbocycles. The SMILES string of the molecule is O=C(O)C1CC(c2ccccc2)CN(c2ncnc3[nH]c4ccccc4c23)C1. The van der Waals surface area contributed by atoms with Gasteiger partial charge in [0.05, 0.1) is 11.3 Å². The minimum absolute atomic E-state index is 0.145. The van der Waals surface area contributed by atoms with E-state index in [1.165, 1.54) is 5.56 Å². The van der Waals surface area contributed by atoms with E-state index in [1.807, 2.05) is 42.5 Å². The molecule has 6 heteroatoms. The van der Waals surface area contributed by atoms with E-state index in [9.17, 15) is 9.90 Å². The number of nitrogens with zero attached hydrogens (tertiary/aromatic N) is 3. The van der Waals surface area contributed by atoms with Crippen LogP contribution in [0.4, 0.5) is 5.82 Å². The summed E-state index contributed by atoms with van der Waals surface area (Å²) in [6, 6.07) is 18.2. The van der Waals surface area contributed by atoms with Crippen molar-refractivity contribution in [2.24, 2.45) is 5.92 Å². The third-order valence-electron chi connectivity index (χ3n) is 5.65. The number of aromatic amines is 1. The third kappa shape index (κ3) is 2.78. The van der Waals surface area contributed by atoms with Gasteiger partial charge in [0.2, 0.25) is 0 Å². The number of hydrogen-bond donors (Lipinski definition) is 2. The fourth-order valence-corrected chi connectivity index (χ4v) is 4.31. The monoisotopic (exact) mass is 372 g/mol. The van der Waals surface area contributed by atoms with Gasteiger partial charge in [0, 0.05) is 29.9 Å². The van der Waals surface area contributed by atoms with E-state index in [2.05, 4.69) is 32.0 Å². The molecule has 1 fully saturated rings. The minimum atomic E-state index is -0.755. The molecule has 4 aromatic rings. The molecule has 3 heterocycles. The van der Waals surface area contributed by atoms with E-state index in [1.54, 1.807) is 6.33 Å². The van der Waals surface area contributed by atoms with E-state index >= 15 is 0 Å². The number of aliphatic carboxylic acids is 1. The first-order valence-electron chi connectivity index (χ1n) is 9.45. The summed E-state index contributed by atoms with van der Waals surface area (Å²) in [5.74, 6) is -0.246. The van der Waals surface area contributed by atoms with Crippen molar-refractivity contribution in [1.29, 1.82) is 0 Å². The van der Waals surface area contributed by atoms with Crippen LogP contribution in [0.1, 0.15) is 17.9 Å². The first-order chi connectivity index (χ1) is 13.7. The Balaban J connectivity index is 1.62. The van der Waals surface area contributed by atoms with Gasteiger partial charge in [0.15, 0.2) is 0 Å². The highest BCUT2D eigenvalue weighted by atomic mass is 16.4. The number of para-hydroxylation sites is 1. The van der Waals surface area contributed by atoms with E-state index < -0.39 is 11.9 Å². The average Bonchev–Trinajstić information content (AvgIpc) is 3.13. The fraction of sp³-hybridized carbons (Fsp3) is 0.227. The molecule has 0 spiro atoms. The predicted octanol–water partition coefficient (Wildman–Crippen LogP) is 3.81. The lowest BCUT2D eigenvalue weighted by Crippen LogP contribution is -2.43. The van der Waals surface area contributed by atoms with Crippen molar-refractivity contribution in [2.45, 2.75) is 12.3 Å². The summed E-state index contributed by atoms with van der Waals surface area (Å²) in [6.45, 7) is 1.18. The number of H-pyrrole nitrogens is 1. The molecule has 0 saturated carbocycles. The maximum atomic E-state index is 11.9. The number of anilines is 1. The number of hydrogen-bond acceptors (Lipinski definition) is 4. The number of carboxylic acids is 1. The van der Waals surface area contributed by atoms with Gasteiger partial charge in [-0.15, -0.1) is 0 Å². The standard InChI is InChI=1S/C22H20N4O2/c27-22(28)16-10-15(14-6-2-1-3-7-14)11-26(12-16)21-19-17-8-4-5-9-18(17)25-20(19)23-13-24-21/h1-9,13,15-16H,10-12H2,(H,27,28)(H,23,24,25). The van der Waals surface area contributed by atoms with Crippen molar-refractivity contribution in [3.63, 3.8) is 0 Å². The second-order valence-corrected chi connectivity index (χ2v) is 7.37. The quantitative estimate of drug-likeness (QED) is 0.571. The first kappa shape index (κ1) is 16.7. The maximum absolute atomic E-state index is 11.9. The maximum Gasteiger partial charge on any atom is 0.308 e. The Morgan fingerprint density at radius 3 is 2.64 bits per heavy atom. The number of carboxylic acid groups (broad SMARTS) is 1. The van der Waals surface area contributed by atoms with Crippen LogP contribution < -0.4 is 4.90 Å². The topological polar surface area (TPSA) is 82.1 Å². The molecule has 1 aliphatic heterocycles. The molecule has 1 aliphatic rings. The van der Waals surface area contributed by atoms with Crippen molar-refractivity contribution >= 4 is 33.7 Å². The molecule has 140 valence electrons. The first-order valence-corrected chi connectivity index (χ1v) is 9.45.